The van der Waals surface area contributed by atoms with E-state index in [1.54, 1.807) is 0 Å². The van der Waals surface area contributed by atoms with Crippen molar-refractivity contribution in [2.45, 2.75) is 38.3 Å². The number of rotatable bonds is 4. The monoisotopic (exact) mass is 352 g/mol. The summed E-state index contributed by atoms with van der Waals surface area (Å²) in [6, 6.07) is 7.07. The molecule has 1 fully saturated rings. The van der Waals surface area contributed by atoms with Gasteiger partial charge in [-0.15, -0.1) is 0 Å². The van der Waals surface area contributed by atoms with Crippen molar-refractivity contribution in [3.63, 3.8) is 0 Å². The standard InChI is InChI=1S/C17H25BrN2O/c1-17(2,20-8-10-21-11-9-20)12-19-16-7-6-13-14(16)4-3-5-15(13)18/h3-5,16,19H,6-12H2,1-2H3. The van der Waals surface area contributed by atoms with Crippen LogP contribution in [0.1, 0.15) is 37.4 Å². The summed E-state index contributed by atoms with van der Waals surface area (Å²) in [7, 11) is 0. The number of hydrogen-bond donors (Lipinski definition) is 1. The minimum Gasteiger partial charge on any atom is -0.379 e. The quantitative estimate of drug-likeness (QED) is 0.900. The summed E-state index contributed by atoms with van der Waals surface area (Å²) in [5, 5.41) is 3.80. The van der Waals surface area contributed by atoms with Crippen LogP contribution in [-0.2, 0) is 11.2 Å². The molecule has 4 heteroatoms. The fourth-order valence-electron chi connectivity index (χ4n) is 3.48. The van der Waals surface area contributed by atoms with Crippen LogP contribution in [0.2, 0.25) is 0 Å². The van der Waals surface area contributed by atoms with Crippen LogP contribution in [0.15, 0.2) is 22.7 Å². The van der Waals surface area contributed by atoms with E-state index in [-0.39, 0.29) is 5.54 Å². The van der Waals surface area contributed by atoms with Crippen LogP contribution in [0.3, 0.4) is 0 Å². The van der Waals surface area contributed by atoms with E-state index in [0.717, 1.165) is 32.8 Å². The first-order valence-corrected chi connectivity index (χ1v) is 8.71. The van der Waals surface area contributed by atoms with Gasteiger partial charge >= 0.3 is 0 Å². The summed E-state index contributed by atoms with van der Waals surface area (Å²) in [4.78, 5) is 2.54. The molecule has 0 bridgehead atoms. The second-order valence-electron chi connectivity index (χ2n) is 6.69. The molecule has 1 unspecified atom stereocenters. The summed E-state index contributed by atoms with van der Waals surface area (Å²) in [6.45, 7) is 9.50. The normalized spacial score (nSPS) is 23.3. The molecule has 2 aliphatic rings. The van der Waals surface area contributed by atoms with Crippen LogP contribution in [0.4, 0.5) is 0 Å². The molecule has 1 aliphatic carbocycles. The van der Waals surface area contributed by atoms with Gasteiger partial charge in [0.15, 0.2) is 0 Å². The first-order chi connectivity index (χ1) is 10.1. The Morgan fingerprint density at radius 3 is 2.86 bits per heavy atom. The van der Waals surface area contributed by atoms with Crippen molar-refractivity contribution in [1.82, 2.24) is 10.2 Å². The Kier molecular flexibility index (Phi) is 4.69. The molecule has 1 saturated heterocycles. The summed E-state index contributed by atoms with van der Waals surface area (Å²) >= 11 is 3.68. The Morgan fingerprint density at radius 1 is 1.33 bits per heavy atom. The van der Waals surface area contributed by atoms with Crippen molar-refractivity contribution >= 4 is 15.9 Å². The average molecular weight is 353 g/mol. The zero-order chi connectivity index (χ0) is 14.9. The van der Waals surface area contributed by atoms with E-state index in [0.29, 0.717) is 6.04 Å². The van der Waals surface area contributed by atoms with Crippen LogP contribution >= 0.6 is 15.9 Å². The van der Waals surface area contributed by atoms with Crippen LogP contribution in [-0.4, -0.2) is 43.3 Å². The van der Waals surface area contributed by atoms with E-state index >= 15 is 0 Å². The lowest BCUT2D eigenvalue weighted by molar-refractivity contribution is -0.0103. The highest BCUT2D eigenvalue weighted by Crippen LogP contribution is 2.35. The zero-order valence-corrected chi connectivity index (χ0v) is 14.6. The van der Waals surface area contributed by atoms with E-state index in [4.69, 9.17) is 4.74 Å². The van der Waals surface area contributed by atoms with Gasteiger partial charge in [0.25, 0.3) is 0 Å². The second-order valence-corrected chi connectivity index (χ2v) is 7.55. The van der Waals surface area contributed by atoms with Crippen LogP contribution < -0.4 is 5.32 Å². The number of nitrogens with one attached hydrogen (secondary N) is 1. The minimum atomic E-state index is 0.179. The molecule has 0 spiro atoms. The first kappa shape index (κ1) is 15.5. The van der Waals surface area contributed by atoms with Gasteiger partial charge in [0, 0.05) is 35.7 Å². The van der Waals surface area contributed by atoms with Crippen LogP contribution in [0, 0.1) is 0 Å². The largest absolute Gasteiger partial charge is 0.379 e. The van der Waals surface area contributed by atoms with Gasteiger partial charge in [-0.25, -0.2) is 0 Å². The van der Waals surface area contributed by atoms with Crippen LogP contribution in [0.5, 0.6) is 0 Å². The van der Waals surface area contributed by atoms with Crippen molar-refractivity contribution in [2.24, 2.45) is 0 Å². The third-order valence-corrected chi connectivity index (χ3v) is 5.60. The van der Waals surface area contributed by atoms with E-state index < -0.39 is 0 Å². The predicted molar refractivity (Wildman–Crippen MR) is 89.7 cm³/mol. The lowest BCUT2D eigenvalue weighted by atomic mass is 10.0. The number of halogens is 1. The number of nitrogens with zero attached hydrogens (tertiary/aromatic N) is 1. The molecule has 0 amide bonds. The fourth-order valence-corrected chi connectivity index (χ4v) is 4.05. The molecule has 1 aliphatic heterocycles. The maximum atomic E-state index is 5.47. The smallest absolute Gasteiger partial charge is 0.0594 e. The molecule has 1 heterocycles. The van der Waals surface area contributed by atoms with Gasteiger partial charge in [-0.1, -0.05) is 28.1 Å². The molecular formula is C17H25BrN2O. The molecule has 1 aromatic rings. The molecule has 1 aromatic carbocycles. The SMILES string of the molecule is CC(C)(CNC1CCc2c(Br)cccc21)N1CCOCC1. The lowest BCUT2D eigenvalue weighted by Gasteiger charge is -2.41. The Bertz CT molecular complexity index is 498. The number of fused-ring (bicyclic) bond motifs is 1. The molecule has 3 rings (SSSR count). The average Bonchev–Trinajstić information content (AvgIpc) is 2.91. The highest BCUT2D eigenvalue weighted by atomic mass is 79.9. The Hall–Kier alpha value is -0.420. The van der Waals surface area contributed by atoms with Gasteiger partial charge < -0.3 is 10.1 Å². The molecule has 0 saturated carbocycles. The molecule has 116 valence electrons. The van der Waals surface area contributed by atoms with E-state index in [2.05, 4.69) is 58.2 Å². The van der Waals surface area contributed by atoms with Gasteiger partial charge in [-0.05, 0) is 43.9 Å². The number of hydrogen-bond acceptors (Lipinski definition) is 3. The topological polar surface area (TPSA) is 24.5 Å². The molecule has 0 aromatic heterocycles. The number of morpholine rings is 1. The Morgan fingerprint density at radius 2 is 2.10 bits per heavy atom. The molecular weight excluding hydrogens is 328 g/mol. The first-order valence-electron chi connectivity index (χ1n) is 7.91. The van der Waals surface area contributed by atoms with Gasteiger partial charge in [-0.3, -0.25) is 4.90 Å². The minimum absolute atomic E-state index is 0.179. The van der Waals surface area contributed by atoms with Crippen molar-refractivity contribution in [2.75, 3.05) is 32.8 Å². The Balaban J connectivity index is 1.62. The number of benzene rings is 1. The van der Waals surface area contributed by atoms with Crippen molar-refractivity contribution in [1.29, 1.82) is 0 Å². The van der Waals surface area contributed by atoms with Gasteiger partial charge in [0.05, 0.1) is 13.2 Å². The fraction of sp³-hybridized carbons (Fsp3) is 0.647. The second kappa shape index (κ2) is 6.37. The predicted octanol–water partition coefficient (Wildman–Crippen LogP) is 3.14. The van der Waals surface area contributed by atoms with Crippen LogP contribution in [0.25, 0.3) is 0 Å². The maximum absolute atomic E-state index is 5.47. The molecule has 21 heavy (non-hydrogen) atoms. The maximum Gasteiger partial charge on any atom is 0.0594 e. The van der Waals surface area contributed by atoms with Gasteiger partial charge in [-0.2, -0.15) is 0 Å². The van der Waals surface area contributed by atoms with Crippen molar-refractivity contribution in [3.8, 4) is 0 Å². The van der Waals surface area contributed by atoms with Gasteiger partial charge in [0.2, 0.25) is 0 Å². The third-order valence-electron chi connectivity index (χ3n) is 4.86. The highest BCUT2D eigenvalue weighted by molar-refractivity contribution is 9.10. The summed E-state index contributed by atoms with van der Waals surface area (Å²) < 4.78 is 6.73. The van der Waals surface area contributed by atoms with Crippen molar-refractivity contribution in [3.05, 3.63) is 33.8 Å². The van der Waals surface area contributed by atoms with Gasteiger partial charge in [0.1, 0.15) is 0 Å². The van der Waals surface area contributed by atoms with Crippen molar-refractivity contribution < 1.29 is 4.74 Å². The molecule has 1 atom stereocenters. The van der Waals surface area contributed by atoms with E-state index in [1.807, 2.05) is 0 Å². The molecule has 1 N–H and O–H groups in total. The summed E-state index contributed by atoms with van der Waals surface area (Å²) in [5.74, 6) is 0. The lowest BCUT2D eigenvalue weighted by Crippen LogP contribution is -2.54. The van der Waals surface area contributed by atoms with E-state index in [9.17, 15) is 0 Å². The van der Waals surface area contributed by atoms with E-state index in [1.165, 1.54) is 28.4 Å². The summed E-state index contributed by atoms with van der Waals surface area (Å²) in [5.41, 5.74) is 3.14. The highest BCUT2D eigenvalue weighted by Gasteiger charge is 2.30. The Labute approximate surface area is 136 Å². The zero-order valence-electron chi connectivity index (χ0n) is 13.0. The molecule has 3 nitrogen and oxygen atoms in total. The third kappa shape index (κ3) is 3.34. The molecule has 0 radical (unpaired) electrons. The summed E-state index contributed by atoms with van der Waals surface area (Å²) in [6.07, 6.45) is 2.38. The number of ether oxygens (including phenoxy) is 1.